The van der Waals surface area contributed by atoms with Crippen LogP contribution in [0.2, 0.25) is 0 Å². The monoisotopic (exact) mass is 555 g/mol. The normalized spacial score (nSPS) is 12.8. The fraction of sp³-hybridized carbons (Fsp3) is 0.290. The van der Waals surface area contributed by atoms with Crippen LogP contribution in [0.4, 0.5) is 8.78 Å². The molecule has 0 aliphatic rings. The largest absolute Gasteiger partial charge is 0.386 e. The number of benzene rings is 2. The van der Waals surface area contributed by atoms with Crippen LogP contribution in [-0.2, 0) is 13.1 Å². The Labute approximate surface area is 235 Å². The van der Waals surface area contributed by atoms with Crippen LogP contribution in [0.15, 0.2) is 67.0 Å². The molecule has 0 saturated carbocycles. The van der Waals surface area contributed by atoms with Gasteiger partial charge in [0.05, 0.1) is 35.2 Å². The van der Waals surface area contributed by atoms with Gasteiger partial charge in [0, 0.05) is 40.0 Å². The van der Waals surface area contributed by atoms with Crippen LogP contribution in [0.25, 0.3) is 38.9 Å². The highest BCUT2D eigenvalue weighted by Gasteiger charge is 2.23. The molecule has 0 bridgehead atoms. The number of rotatable bonds is 8. The predicted octanol–water partition coefficient (Wildman–Crippen LogP) is 6.37. The van der Waals surface area contributed by atoms with Crippen LogP contribution in [0.5, 0.6) is 0 Å². The van der Waals surface area contributed by atoms with Crippen molar-refractivity contribution in [1.82, 2.24) is 34.3 Å². The van der Waals surface area contributed by atoms with Gasteiger partial charge in [-0.2, -0.15) is 15.3 Å². The lowest BCUT2D eigenvalue weighted by Gasteiger charge is -2.10. The number of nitrogens with zero attached hydrogens (tertiary/aromatic N) is 7. The fourth-order valence-corrected chi connectivity index (χ4v) is 5.52. The molecule has 41 heavy (non-hydrogen) atoms. The number of fused-ring (bicyclic) bond motifs is 2. The molecule has 6 rings (SSSR count). The van der Waals surface area contributed by atoms with Gasteiger partial charge >= 0.3 is 0 Å². The average molecular weight is 556 g/mol. The molecule has 0 spiro atoms. The van der Waals surface area contributed by atoms with Gasteiger partial charge in [0.1, 0.15) is 6.54 Å². The predicted molar refractivity (Wildman–Crippen MR) is 154 cm³/mol. The van der Waals surface area contributed by atoms with E-state index in [1.165, 1.54) is 4.68 Å². The Morgan fingerprint density at radius 2 is 1.63 bits per heavy atom. The lowest BCUT2D eigenvalue weighted by Crippen LogP contribution is -2.08. The number of aliphatic hydroxyl groups is 1. The fourth-order valence-electron chi connectivity index (χ4n) is 5.52. The van der Waals surface area contributed by atoms with Crippen molar-refractivity contribution in [2.24, 2.45) is 0 Å². The summed E-state index contributed by atoms with van der Waals surface area (Å²) in [6.07, 6.45) is 0.380. The van der Waals surface area contributed by atoms with E-state index in [-0.39, 0.29) is 5.92 Å². The van der Waals surface area contributed by atoms with Gasteiger partial charge < -0.3 is 5.11 Å². The SMILES string of the molecule is Cc1nc2nn(CC(F)F)cc2cc1-n1nc(-c2cccc3nn(C[C@H](O)c4ccccc4)cc23)c(C(C)C)c1C. The van der Waals surface area contributed by atoms with E-state index in [0.717, 1.165) is 44.7 Å². The smallest absolute Gasteiger partial charge is 0.257 e. The van der Waals surface area contributed by atoms with Gasteiger partial charge in [-0.05, 0) is 37.5 Å². The van der Waals surface area contributed by atoms with E-state index >= 15 is 0 Å². The van der Waals surface area contributed by atoms with Crippen molar-refractivity contribution >= 4 is 21.9 Å². The topological polar surface area (TPSA) is 86.6 Å². The summed E-state index contributed by atoms with van der Waals surface area (Å²) in [6, 6.07) is 17.4. The highest BCUT2D eigenvalue weighted by Crippen LogP contribution is 2.37. The maximum absolute atomic E-state index is 12.9. The minimum atomic E-state index is -2.50. The van der Waals surface area contributed by atoms with Crippen molar-refractivity contribution in [3.63, 3.8) is 0 Å². The molecule has 0 fully saturated rings. The number of hydrogen-bond acceptors (Lipinski definition) is 5. The second kappa shape index (κ2) is 10.5. The Bertz CT molecular complexity index is 1850. The third kappa shape index (κ3) is 4.99. The molecule has 1 atom stereocenters. The van der Waals surface area contributed by atoms with Gasteiger partial charge in [0.2, 0.25) is 0 Å². The summed E-state index contributed by atoms with van der Waals surface area (Å²) in [5.41, 5.74) is 7.42. The third-order valence-electron chi connectivity index (χ3n) is 7.40. The number of aromatic nitrogens is 7. The molecule has 4 heterocycles. The molecule has 0 radical (unpaired) electrons. The van der Waals surface area contributed by atoms with Crippen LogP contribution in [0.3, 0.4) is 0 Å². The summed E-state index contributed by atoms with van der Waals surface area (Å²) in [4.78, 5) is 4.61. The third-order valence-corrected chi connectivity index (χ3v) is 7.40. The quantitative estimate of drug-likeness (QED) is 0.236. The first-order valence-electron chi connectivity index (χ1n) is 13.6. The minimum absolute atomic E-state index is 0.176. The first kappa shape index (κ1) is 26.8. The highest BCUT2D eigenvalue weighted by atomic mass is 19.3. The van der Waals surface area contributed by atoms with Gasteiger partial charge in [-0.3, -0.25) is 9.36 Å². The van der Waals surface area contributed by atoms with E-state index in [9.17, 15) is 13.9 Å². The number of alkyl halides is 2. The molecule has 0 aliphatic carbocycles. The standard InChI is InChI=1S/C31H31F2N7O/c1-18(2)29-20(4)40(26-13-22-14-38(17-28(32)33)37-31(22)34-19(26)3)36-30(29)23-11-8-12-25-24(23)15-39(35-25)16-27(41)21-9-6-5-7-10-21/h5-15,18,27-28,41H,16-17H2,1-4H3/t27-/m0/s1. The zero-order valence-electron chi connectivity index (χ0n) is 23.3. The second-order valence-corrected chi connectivity index (χ2v) is 10.7. The molecule has 6 aromatic rings. The molecule has 1 N–H and O–H groups in total. The maximum Gasteiger partial charge on any atom is 0.257 e. The van der Waals surface area contributed by atoms with E-state index in [0.29, 0.717) is 23.3 Å². The lowest BCUT2D eigenvalue weighted by molar-refractivity contribution is 0.122. The Morgan fingerprint density at radius 3 is 2.37 bits per heavy atom. The van der Waals surface area contributed by atoms with Gasteiger partial charge in [0.15, 0.2) is 5.65 Å². The van der Waals surface area contributed by atoms with Gasteiger partial charge in [-0.15, -0.1) is 0 Å². The zero-order valence-corrected chi connectivity index (χ0v) is 23.3. The summed E-state index contributed by atoms with van der Waals surface area (Å²) in [5.74, 6) is 0.176. The van der Waals surface area contributed by atoms with Gasteiger partial charge in [-0.25, -0.2) is 18.4 Å². The molecule has 8 nitrogen and oxygen atoms in total. The second-order valence-electron chi connectivity index (χ2n) is 10.7. The lowest BCUT2D eigenvalue weighted by atomic mass is 9.95. The van der Waals surface area contributed by atoms with Crippen LogP contribution in [0, 0.1) is 13.8 Å². The summed E-state index contributed by atoms with van der Waals surface area (Å²) >= 11 is 0. The maximum atomic E-state index is 12.9. The number of halogens is 2. The van der Waals surface area contributed by atoms with Crippen LogP contribution in [0.1, 0.15) is 48.4 Å². The molecule has 210 valence electrons. The Balaban J connectivity index is 1.44. The number of aryl methyl sites for hydroxylation is 1. The molecule has 2 aromatic carbocycles. The molecule has 0 unspecified atom stereocenters. The molecule has 0 aliphatic heterocycles. The minimum Gasteiger partial charge on any atom is -0.386 e. The first-order chi connectivity index (χ1) is 19.7. The summed E-state index contributed by atoms with van der Waals surface area (Å²) in [5, 5.41) is 26.5. The molecule has 4 aromatic heterocycles. The summed E-state index contributed by atoms with van der Waals surface area (Å²) in [6.45, 7) is 8.04. The van der Waals surface area contributed by atoms with E-state index in [1.54, 1.807) is 10.9 Å². The van der Waals surface area contributed by atoms with Crippen molar-refractivity contribution in [3.05, 3.63) is 89.5 Å². The Kier molecular flexibility index (Phi) is 6.86. The molecular weight excluding hydrogens is 524 g/mol. The van der Waals surface area contributed by atoms with Crippen LogP contribution >= 0.6 is 0 Å². The zero-order chi connectivity index (χ0) is 28.8. The molecule has 10 heteroatoms. The number of hydrogen-bond donors (Lipinski definition) is 1. The summed E-state index contributed by atoms with van der Waals surface area (Å²) in [7, 11) is 0. The Morgan fingerprint density at radius 1 is 0.878 bits per heavy atom. The van der Waals surface area contributed by atoms with E-state index in [4.69, 9.17) is 10.2 Å². The number of pyridine rings is 1. The van der Waals surface area contributed by atoms with Gasteiger partial charge in [0.25, 0.3) is 6.43 Å². The van der Waals surface area contributed by atoms with Gasteiger partial charge in [-0.1, -0.05) is 56.3 Å². The molecule has 0 saturated heterocycles. The molecule has 0 amide bonds. The van der Waals surface area contributed by atoms with Crippen LogP contribution < -0.4 is 0 Å². The van der Waals surface area contributed by atoms with Crippen molar-refractivity contribution in [2.75, 3.05) is 0 Å². The van der Waals surface area contributed by atoms with Crippen molar-refractivity contribution in [2.45, 2.75) is 59.2 Å². The van der Waals surface area contributed by atoms with Crippen molar-refractivity contribution < 1.29 is 13.9 Å². The van der Waals surface area contributed by atoms with E-state index in [2.05, 4.69) is 23.9 Å². The van der Waals surface area contributed by atoms with E-state index in [1.807, 2.05) is 79.3 Å². The van der Waals surface area contributed by atoms with Crippen LogP contribution in [-0.4, -0.2) is 45.9 Å². The number of aliphatic hydroxyl groups excluding tert-OH is 1. The highest BCUT2D eigenvalue weighted by molar-refractivity contribution is 5.94. The first-order valence-corrected chi connectivity index (χ1v) is 13.6. The van der Waals surface area contributed by atoms with E-state index < -0.39 is 19.1 Å². The average Bonchev–Trinajstić information content (AvgIpc) is 3.62. The van der Waals surface area contributed by atoms with Crippen molar-refractivity contribution in [3.8, 4) is 16.9 Å². The molecular formula is C31H31F2N7O. The summed E-state index contributed by atoms with van der Waals surface area (Å²) < 4.78 is 30.8. The van der Waals surface area contributed by atoms with Crippen molar-refractivity contribution in [1.29, 1.82) is 0 Å². The Hall–Kier alpha value is -4.44.